The highest BCUT2D eigenvalue weighted by molar-refractivity contribution is 7.84. The third-order valence-electron chi connectivity index (χ3n) is 2.80. The van der Waals surface area contributed by atoms with Gasteiger partial charge in [-0.25, -0.2) is 0 Å². The van der Waals surface area contributed by atoms with Gasteiger partial charge < -0.3 is 10.1 Å². The Kier molecular flexibility index (Phi) is 3.96. The van der Waals surface area contributed by atoms with Crippen LogP contribution in [0.2, 0.25) is 0 Å². The van der Waals surface area contributed by atoms with E-state index in [0.717, 1.165) is 30.3 Å². The van der Waals surface area contributed by atoms with Crippen LogP contribution < -0.4 is 10.1 Å². The van der Waals surface area contributed by atoms with Crippen molar-refractivity contribution in [2.24, 2.45) is 5.92 Å². The fourth-order valence-electron chi connectivity index (χ4n) is 1.80. The van der Waals surface area contributed by atoms with Gasteiger partial charge in [-0.05, 0) is 37.2 Å². The van der Waals surface area contributed by atoms with Crippen LogP contribution in [0.5, 0.6) is 5.75 Å². The lowest BCUT2D eigenvalue weighted by atomic mass is 10.1. The maximum atomic E-state index is 11.2. The van der Waals surface area contributed by atoms with E-state index in [0.29, 0.717) is 5.92 Å². The average Bonchev–Trinajstić information content (AvgIpc) is 2.80. The molecule has 0 amide bonds. The molecule has 3 nitrogen and oxygen atoms in total. The van der Waals surface area contributed by atoms with Gasteiger partial charge in [0.15, 0.2) is 0 Å². The van der Waals surface area contributed by atoms with Crippen molar-refractivity contribution in [3.63, 3.8) is 0 Å². The molecule has 0 bridgehead atoms. The lowest BCUT2D eigenvalue weighted by Gasteiger charge is -2.10. The number of rotatable bonds is 4. The maximum absolute atomic E-state index is 11.2. The number of ether oxygens (including phenoxy) is 1. The summed E-state index contributed by atoms with van der Waals surface area (Å²) >= 11 is 0. The fourth-order valence-corrected chi connectivity index (χ4v) is 2.32. The second-order valence-corrected chi connectivity index (χ2v) is 5.48. The third-order valence-corrected chi connectivity index (χ3v) is 3.74. The molecule has 0 saturated carbocycles. The molecule has 16 heavy (non-hydrogen) atoms. The minimum atomic E-state index is -0.909. The quantitative estimate of drug-likeness (QED) is 0.863. The standard InChI is InChI=1S/C12H17NO2S/c1-16(14)12-4-2-11(3-5-12)15-9-10-6-7-13-8-10/h2-5,10,13H,6-9H2,1H3. The fraction of sp³-hybridized carbons (Fsp3) is 0.500. The summed E-state index contributed by atoms with van der Waals surface area (Å²) in [5.41, 5.74) is 0. The summed E-state index contributed by atoms with van der Waals surface area (Å²) in [6.07, 6.45) is 2.87. The van der Waals surface area contributed by atoms with E-state index in [4.69, 9.17) is 4.74 Å². The Morgan fingerprint density at radius 1 is 1.44 bits per heavy atom. The summed E-state index contributed by atoms with van der Waals surface area (Å²) < 4.78 is 16.9. The van der Waals surface area contributed by atoms with Crippen molar-refractivity contribution in [3.05, 3.63) is 24.3 Å². The molecule has 0 radical (unpaired) electrons. The highest BCUT2D eigenvalue weighted by Gasteiger charge is 2.14. The van der Waals surface area contributed by atoms with E-state index in [9.17, 15) is 4.21 Å². The molecule has 1 aromatic carbocycles. The first-order valence-electron chi connectivity index (χ1n) is 5.53. The molecule has 0 spiro atoms. The molecule has 2 atom stereocenters. The predicted octanol–water partition coefficient (Wildman–Crippen LogP) is 1.41. The smallest absolute Gasteiger partial charge is 0.119 e. The van der Waals surface area contributed by atoms with Crippen molar-refractivity contribution in [3.8, 4) is 5.75 Å². The van der Waals surface area contributed by atoms with Gasteiger partial charge in [0.05, 0.1) is 6.61 Å². The zero-order valence-electron chi connectivity index (χ0n) is 9.44. The summed E-state index contributed by atoms with van der Waals surface area (Å²) in [5, 5.41) is 3.31. The second-order valence-electron chi connectivity index (χ2n) is 4.10. The summed E-state index contributed by atoms with van der Waals surface area (Å²) in [6, 6.07) is 7.49. The Balaban J connectivity index is 1.87. The van der Waals surface area contributed by atoms with Crippen molar-refractivity contribution in [1.82, 2.24) is 5.32 Å². The molecule has 2 unspecified atom stereocenters. The van der Waals surface area contributed by atoms with Crippen LogP contribution in [0.1, 0.15) is 6.42 Å². The zero-order chi connectivity index (χ0) is 11.4. The van der Waals surface area contributed by atoms with Crippen molar-refractivity contribution in [2.75, 3.05) is 26.0 Å². The topological polar surface area (TPSA) is 38.3 Å². The Morgan fingerprint density at radius 3 is 2.75 bits per heavy atom. The van der Waals surface area contributed by atoms with Crippen molar-refractivity contribution < 1.29 is 8.95 Å². The van der Waals surface area contributed by atoms with E-state index in [1.165, 1.54) is 6.42 Å². The Morgan fingerprint density at radius 2 is 2.19 bits per heavy atom. The molecular weight excluding hydrogens is 222 g/mol. The Hall–Kier alpha value is -0.870. The van der Waals surface area contributed by atoms with E-state index in [1.54, 1.807) is 6.26 Å². The average molecular weight is 239 g/mol. The third kappa shape index (κ3) is 3.06. The molecule has 0 aromatic heterocycles. The Bertz CT molecular complexity index is 358. The highest BCUT2D eigenvalue weighted by atomic mass is 32.2. The summed E-state index contributed by atoms with van der Waals surface area (Å²) in [4.78, 5) is 0.842. The van der Waals surface area contributed by atoms with Gasteiger partial charge in [-0.1, -0.05) is 0 Å². The summed E-state index contributed by atoms with van der Waals surface area (Å²) in [6.45, 7) is 2.92. The first-order chi connectivity index (χ1) is 7.75. The van der Waals surface area contributed by atoms with Gasteiger partial charge in [-0.3, -0.25) is 4.21 Å². The van der Waals surface area contributed by atoms with Crippen LogP contribution in [-0.4, -0.2) is 30.2 Å². The molecule has 1 heterocycles. The SMILES string of the molecule is CS(=O)c1ccc(OCC2CCNC2)cc1. The van der Waals surface area contributed by atoms with Crippen LogP contribution in [0.15, 0.2) is 29.2 Å². The van der Waals surface area contributed by atoms with Crippen LogP contribution in [0, 0.1) is 5.92 Å². The van der Waals surface area contributed by atoms with Crippen LogP contribution >= 0.6 is 0 Å². The molecule has 88 valence electrons. The summed E-state index contributed by atoms with van der Waals surface area (Å²) in [7, 11) is -0.909. The molecule has 0 aliphatic carbocycles. The molecule has 1 aliphatic rings. The van der Waals surface area contributed by atoms with Gasteiger partial charge >= 0.3 is 0 Å². The largest absolute Gasteiger partial charge is 0.493 e. The van der Waals surface area contributed by atoms with E-state index in [2.05, 4.69) is 5.32 Å². The van der Waals surface area contributed by atoms with Crippen molar-refractivity contribution in [1.29, 1.82) is 0 Å². The van der Waals surface area contributed by atoms with Crippen molar-refractivity contribution >= 4 is 10.8 Å². The molecule has 4 heteroatoms. The monoisotopic (exact) mass is 239 g/mol. The maximum Gasteiger partial charge on any atom is 0.119 e. The summed E-state index contributed by atoms with van der Waals surface area (Å²) in [5.74, 6) is 1.49. The van der Waals surface area contributed by atoms with Gasteiger partial charge in [0.1, 0.15) is 5.75 Å². The van der Waals surface area contributed by atoms with Crippen LogP contribution in [0.4, 0.5) is 0 Å². The number of hydrogen-bond donors (Lipinski definition) is 1. The number of benzene rings is 1. The first kappa shape index (κ1) is 11.6. The lowest BCUT2D eigenvalue weighted by Crippen LogP contribution is -2.15. The van der Waals surface area contributed by atoms with E-state index >= 15 is 0 Å². The predicted molar refractivity (Wildman–Crippen MR) is 65.2 cm³/mol. The zero-order valence-corrected chi connectivity index (χ0v) is 10.3. The van der Waals surface area contributed by atoms with Crippen LogP contribution in [0.25, 0.3) is 0 Å². The minimum absolute atomic E-state index is 0.625. The molecule has 2 rings (SSSR count). The Labute approximate surface area is 98.7 Å². The van der Waals surface area contributed by atoms with E-state index in [-0.39, 0.29) is 0 Å². The van der Waals surface area contributed by atoms with Gasteiger partial charge in [-0.2, -0.15) is 0 Å². The van der Waals surface area contributed by atoms with Crippen molar-refractivity contribution in [2.45, 2.75) is 11.3 Å². The van der Waals surface area contributed by atoms with Crippen LogP contribution in [0.3, 0.4) is 0 Å². The highest BCUT2D eigenvalue weighted by Crippen LogP contribution is 2.16. The van der Waals surface area contributed by atoms with Gasteiger partial charge in [0, 0.05) is 34.4 Å². The van der Waals surface area contributed by atoms with Gasteiger partial charge in [0.2, 0.25) is 0 Å². The molecule has 1 saturated heterocycles. The molecular formula is C12H17NO2S. The van der Waals surface area contributed by atoms with Gasteiger partial charge in [0.25, 0.3) is 0 Å². The van der Waals surface area contributed by atoms with E-state index < -0.39 is 10.8 Å². The minimum Gasteiger partial charge on any atom is -0.493 e. The molecule has 1 aromatic rings. The number of nitrogens with one attached hydrogen (secondary N) is 1. The molecule has 1 fully saturated rings. The lowest BCUT2D eigenvalue weighted by molar-refractivity contribution is 0.260. The molecule has 1 N–H and O–H groups in total. The van der Waals surface area contributed by atoms with Gasteiger partial charge in [-0.15, -0.1) is 0 Å². The second kappa shape index (κ2) is 5.46. The first-order valence-corrected chi connectivity index (χ1v) is 7.08. The normalized spacial score (nSPS) is 21.9. The van der Waals surface area contributed by atoms with E-state index in [1.807, 2.05) is 24.3 Å². The van der Waals surface area contributed by atoms with Crippen LogP contribution in [-0.2, 0) is 10.8 Å². The molecule has 1 aliphatic heterocycles. The number of hydrogen-bond acceptors (Lipinski definition) is 3.